The Morgan fingerprint density at radius 2 is 2.21 bits per heavy atom. The predicted octanol–water partition coefficient (Wildman–Crippen LogP) is 1.43. The van der Waals surface area contributed by atoms with Gasteiger partial charge in [-0.15, -0.1) is 0 Å². The summed E-state index contributed by atoms with van der Waals surface area (Å²) in [6, 6.07) is 2.76. The maximum atomic E-state index is 10.8. The molecule has 1 aromatic rings. The van der Waals surface area contributed by atoms with Gasteiger partial charge in [0.2, 0.25) is 0 Å². The average molecular weight is 266 g/mol. The second kappa shape index (κ2) is 5.83. The Morgan fingerprint density at radius 3 is 2.79 bits per heavy atom. The van der Waals surface area contributed by atoms with E-state index in [1.807, 2.05) is 4.90 Å². The number of pyridine rings is 1. The second-order valence-electron chi connectivity index (χ2n) is 4.75. The second-order valence-corrected chi connectivity index (χ2v) is 4.75. The number of nitro groups is 1. The lowest BCUT2D eigenvalue weighted by Gasteiger charge is -2.32. The summed E-state index contributed by atoms with van der Waals surface area (Å²) in [5.41, 5.74) is 5.60. The molecule has 1 aromatic heterocycles. The normalized spacial score (nSPS) is 16.6. The van der Waals surface area contributed by atoms with Crippen LogP contribution in [-0.2, 0) is 4.74 Å². The summed E-state index contributed by atoms with van der Waals surface area (Å²) in [5, 5.41) is 10.8. The highest BCUT2D eigenvalue weighted by molar-refractivity contribution is 5.54. The minimum atomic E-state index is -0.445. The van der Waals surface area contributed by atoms with Gasteiger partial charge in [0.15, 0.2) is 0 Å². The molecular formula is C12H18N4O3. The third-order valence-corrected chi connectivity index (χ3v) is 3.37. The molecule has 0 saturated carbocycles. The van der Waals surface area contributed by atoms with Gasteiger partial charge in [0.1, 0.15) is 11.6 Å². The van der Waals surface area contributed by atoms with Gasteiger partial charge in [0.05, 0.1) is 17.1 Å². The first-order chi connectivity index (χ1) is 9.10. The van der Waals surface area contributed by atoms with E-state index in [1.54, 1.807) is 7.11 Å². The zero-order valence-corrected chi connectivity index (χ0v) is 10.9. The van der Waals surface area contributed by atoms with Crippen molar-refractivity contribution in [3.05, 3.63) is 22.2 Å². The molecule has 2 rings (SSSR count). The lowest BCUT2D eigenvalue weighted by molar-refractivity contribution is -0.384. The van der Waals surface area contributed by atoms with Gasteiger partial charge in [-0.05, 0) is 18.8 Å². The van der Waals surface area contributed by atoms with Gasteiger partial charge in [0, 0.05) is 26.8 Å². The quantitative estimate of drug-likeness (QED) is 0.654. The van der Waals surface area contributed by atoms with Crippen LogP contribution in [0.3, 0.4) is 0 Å². The van der Waals surface area contributed by atoms with Crippen molar-refractivity contribution in [3.8, 4) is 0 Å². The Balaban J connectivity index is 2.09. The Morgan fingerprint density at radius 1 is 1.53 bits per heavy atom. The Kier molecular flexibility index (Phi) is 4.16. The molecule has 1 fully saturated rings. The summed E-state index contributed by atoms with van der Waals surface area (Å²) in [7, 11) is 1.70. The number of anilines is 2. The number of methoxy groups -OCH3 is 1. The fourth-order valence-corrected chi connectivity index (χ4v) is 2.35. The van der Waals surface area contributed by atoms with Crippen molar-refractivity contribution in [3.63, 3.8) is 0 Å². The number of nitrogens with two attached hydrogens (primary N) is 1. The Labute approximate surface area is 111 Å². The molecule has 0 aliphatic carbocycles. The van der Waals surface area contributed by atoms with Crippen molar-refractivity contribution in [2.45, 2.75) is 12.8 Å². The molecule has 1 saturated heterocycles. The van der Waals surface area contributed by atoms with Gasteiger partial charge in [0.25, 0.3) is 5.69 Å². The largest absolute Gasteiger partial charge is 0.384 e. The van der Waals surface area contributed by atoms with Crippen molar-refractivity contribution in [1.82, 2.24) is 4.98 Å². The van der Waals surface area contributed by atoms with Crippen LogP contribution in [0.1, 0.15) is 12.8 Å². The summed E-state index contributed by atoms with van der Waals surface area (Å²) in [4.78, 5) is 16.6. The number of hydrogen-bond donors (Lipinski definition) is 1. The van der Waals surface area contributed by atoms with E-state index in [0.29, 0.717) is 11.7 Å². The van der Waals surface area contributed by atoms with Gasteiger partial charge >= 0.3 is 0 Å². The molecule has 0 bridgehead atoms. The molecule has 0 atom stereocenters. The van der Waals surface area contributed by atoms with E-state index in [4.69, 9.17) is 10.5 Å². The minimum Gasteiger partial charge on any atom is -0.384 e. The van der Waals surface area contributed by atoms with Crippen molar-refractivity contribution in [2.24, 2.45) is 5.92 Å². The molecule has 0 radical (unpaired) electrons. The van der Waals surface area contributed by atoms with Crippen LogP contribution < -0.4 is 10.6 Å². The van der Waals surface area contributed by atoms with Crippen molar-refractivity contribution in [2.75, 3.05) is 37.4 Å². The van der Waals surface area contributed by atoms with Gasteiger partial charge in [-0.2, -0.15) is 0 Å². The first-order valence-corrected chi connectivity index (χ1v) is 6.26. The maximum Gasteiger partial charge on any atom is 0.276 e. The van der Waals surface area contributed by atoms with Crippen LogP contribution in [0.2, 0.25) is 0 Å². The van der Waals surface area contributed by atoms with Gasteiger partial charge in [-0.3, -0.25) is 10.1 Å². The summed E-state index contributed by atoms with van der Waals surface area (Å²) in [6.07, 6.45) is 2.00. The van der Waals surface area contributed by atoms with Crippen molar-refractivity contribution in [1.29, 1.82) is 0 Å². The van der Waals surface area contributed by atoms with Crippen LogP contribution in [-0.4, -0.2) is 36.7 Å². The van der Waals surface area contributed by atoms with E-state index in [9.17, 15) is 10.1 Å². The van der Waals surface area contributed by atoms with Crippen LogP contribution >= 0.6 is 0 Å². The molecule has 19 heavy (non-hydrogen) atoms. The first-order valence-electron chi connectivity index (χ1n) is 6.26. The molecule has 0 spiro atoms. The number of aromatic nitrogens is 1. The number of ether oxygens (including phenoxy) is 1. The smallest absolute Gasteiger partial charge is 0.276 e. The highest BCUT2D eigenvalue weighted by Gasteiger charge is 2.22. The number of nitrogens with zero attached hydrogens (tertiary/aromatic N) is 3. The summed E-state index contributed by atoms with van der Waals surface area (Å²) < 4.78 is 5.15. The molecule has 1 aliphatic heterocycles. The molecule has 0 unspecified atom stereocenters. The van der Waals surface area contributed by atoms with Gasteiger partial charge in [-0.25, -0.2) is 4.98 Å². The van der Waals surface area contributed by atoms with Crippen LogP contribution in [0, 0.1) is 16.0 Å². The molecule has 1 aliphatic rings. The number of hydrogen-bond acceptors (Lipinski definition) is 6. The summed E-state index contributed by atoms with van der Waals surface area (Å²) >= 11 is 0. The monoisotopic (exact) mass is 266 g/mol. The standard InChI is InChI=1S/C12H18N4O3/c1-19-8-9-2-4-15(5-3-9)12-7-10(16(17)18)6-11(13)14-12/h6-7,9H,2-5,8H2,1H3,(H2,13,14). The van der Waals surface area contributed by atoms with Crippen LogP contribution in [0.4, 0.5) is 17.3 Å². The molecule has 0 aromatic carbocycles. The third-order valence-electron chi connectivity index (χ3n) is 3.37. The van der Waals surface area contributed by atoms with Gasteiger partial charge < -0.3 is 15.4 Å². The fraction of sp³-hybridized carbons (Fsp3) is 0.583. The van der Waals surface area contributed by atoms with Crippen molar-refractivity contribution >= 4 is 17.3 Å². The molecule has 2 N–H and O–H groups in total. The molecular weight excluding hydrogens is 248 g/mol. The molecule has 7 heteroatoms. The lowest BCUT2D eigenvalue weighted by Crippen LogP contribution is -2.35. The average Bonchev–Trinajstić information content (AvgIpc) is 2.39. The molecule has 7 nitrogen and oxygen atoms in total. The Hall–Kier alpha value is -1.89. The highest BCUT2D eigenvalue weighted by Crippen LogP contribution is 2.26. The van der Waals surface area contributed by atoms with E-state index < -0.39 is 4.92 Å². The van der Waals surface area contributed by atoms with E-state index in [-0.39, 0.29) is 11.5 Å². The van der Waals surface area contributed by atoms with E-state index in [1.165, 1.54) is 12.1 Å². The summed E-state index contributed by atoms with van der Waals surface area (Å²) in [6.45, 7) is 2.40. The van der Waals surface area contributed by atoms with E-state index in [0.717, 1.165) is 32.5 Å². The predicted molar refractivity (Wildman–Crippen MR) is 72.1 cm³/mol. The first kappa shape index (κ1) is 13.5. The van der Waals surface area contributed by atoms with Crippen LogP contribution in [0.25, 0.3) is 0 Å². The van der Waals surface area contributed by atoms with E-state index in [2.05, 4.69) is 4.98 Å². The topological polar surface area (TPSA) is 94.5 Å². The molecule has 2 heterocycles. The maximum absolute atomic E-state index is 10.8. The number of rotatable bonds is 4. The fourth-order valence-electron chi connectivity index (χ4n) is 2.35. The van der Waals surface area contributed by atoms with E-state index >= 15 is 0 Å². The third kappa shape index (κ3) is 3.31. The highest BCUT2D eigenvalue weighted by atomic mass is 16.6. The molecule has 0 amide bonds. The Bertz CT molecular complexity index is 458. The SMILES string of the molecule is COCC1CCN(c2cc([N+](=O)[O-])cc(N)n2)CC1. The number of piperidine rings is 1. The summed E-state index contributed by atoms with van der Waals surface area (Å²) in [5.74, 6) is 1.32. The zero-order valence-electron chi connectivity index (χ0n) is 10.9. The molecule has 104 valence electrons. The lowest BCUT2D eigenvalue weighted by atomic mass is 9.98. The number of nitrogen functional groups attached to an aromatic ring is 1. The minimum absolute atomic E-state index is 0.0125. The van der Waals surface area contributed by atoms with Crippen LogP contribution in [0.15, 0.2) is 12.1 Å². The van der Waals surface area contributed by atoms with Crippen molar-refractivity contribution < 1.29 is 9.66 Å². The zero-order chi connectivity index (χ0) is 13.8. The van der Waals surface area contributed by atoms with Crippen LogP contribution in [0.5, 0.6) is 0 Å². The van der Waals surface area contributed by atoms with Gasteiger partial charge in [-0.1, -0.05) is 0 Å².